The maximum atomic E-state index is 12.9. The van der Waals surface area contributed by atoms with Gasteiger partial charge in [-0.3, -0.25) is 0 Å². The number of nitrogens with zero attached hydrogens (tertiary/aromatic N) is 4. The normalized spacial score (nSPS) is 15.8. The first-order chi connectivity index (χ1) is 15.2. The minimum absolute atomic E-state index is 0.266. The molecule has 3 heterocycles. The fourth-order valence-corrected chi connectivity index (χ4v) is 4.39. The molecule has 31 heavy (non-hydrogen) atoms. The molecule has 0 saturated carbocycles. The molecule has 0 radical (unpaired) electrons. The Morgan fingerprint density at radius 3 is 2.81 bits per heavy atom. The molecule has 1 unspecified atom stereocenters. The van der Waals surface area contributed by atoms with Gasteiger partial charge in [-0.25, -0.2) is 9.48 Å². The summed E-state index contributed by atoms with van der Waals surface area (Å²) in [4.78, 5) is 12.9. The van der Waals surface area contributed by atoms with E-state index in [0.717, 1.165) is 48.0 Å². The second-order valence-electron chi connectivity index (χ2n) is 8.23. The summed E-state index contributed by atoms with van der Waals surface area (Å²) < 4.78 is 9.89. The van der Waals surface area contributed by atoms with E-state index in [-0.39, 0.29) is 12.1 Å². The molecule has 4 aromatic rings. The average molecular weight is 415 g/mol. The molecule has 5 rings (SSSR count). The van der Waals surface area contributed by atoms with Crippen molar-refractivity contribution in [2.75, 3.05) is 0 Å². The molecule has 0 amide bonds. The number of carbonyl (C=O) groups excluding carboxylic acids is 1. The average Bonchev–Trinajstić information content (AvgIpc) is 3.33. The summed E-state index contributed by atoms with van der Waals surface area (Å²) in [6, 6.07) is 16.3. The highest BCUT2D eigenvalue weighted by molar-refractivity contribution is 6.06. The lowest BCUT2D eigenvalue weighted by atomic mass is 10.0. The third-order valence-electron chi connectivity index (χ3n) is 5.88. The molecule has 1 atom stereocenters. The van der Waals surface area contributed by atoms with E-state index in [1.807, 2.05) is 24.4 Å². The van der Waals surface area contributed by atoms with Crippen molar-refractivity contribution in [1.82, 2.24) is 19.6 Å². The Morgan fingerprint density at radius 1 is 1.10 bits per heavy atom. The first kappa shape index (κ1) is 19.5. The largest absolute Gasteiger partial charge is 0.456 e. The smallest absolute Gasteiger partial charge is 0.339 e. The molecule has 0 saturated heterocycles. The molecule has 0 aliphatic carbocycles. The summed E-state index contributed by atoms with van der Waals surface area (Å²) >= 11 is 0. The van der Waals surface area contributed by atoms with E-state index in [1.54, 1.807) is 4.68 Å². The van der Waals surface area contributed by atoms with Crippen LogP contribution in [0.1, 0.15) is 46.9 Å². The first-order valence-electron chi connectivity index (χ1n) is 11.0. The summed E-state index contributed by atoms with van der Waals surface area (Å²) in [7, 11) is 0. The third kappa shape index (κ3) is 3.98. The summed E-state index contributed by atoms with van der Waals surface area (Å²) in [6.45, 7) is 3.44. The molecule has 2 aromatic carbocycles. The first-order valence-corrected chi connectivity index (χ1v) is 11.0. The highest BCUT2D eigenvalue weighted by Crippen LogP contribution is 2.31. The molecule has 6 heteroatoms. The van der Waals surface area contributed by atoms with E-state index in [9.17, 15) is 4.79 Å². The Kier molecular flexibility index (Phi) is 5.28. The molecule has 1 aliphatic heterocycles. The van der Waals surface area contributed by atoms with Gasteiger partial charge in [0.05, 0.1) is 17.8 Å². The van der Waals surface area contributed by atoms with Crippen LogP contribution in [0.2, 0.25) is 0 Å². The maximum absolute atomic E-state index is 12.9. The molecule has 0 bridgehead atoms. The van der Waals surface area contributed by atoms with Gasteiger partial charge in [0.25, 0.3) is 0 Å². The number of aromatic nitrogens is 4. The number of unbranched alkanes of at least 4 members (excludes halogenated alkanes) is 1. The predicted molar refractivity (Wildman–Crippen MR) is 119 cm³/mol. The van der Waals surface area contributed by atoms with Crippen LogP contribution in [-0.4, -0.2) is 31.6 Å². The van der Waals surface area contributed by atoms with Gasteiger partial charge in [-0.2, -0.15) is 0 Å². The minimum Gasteiger partial charge on any atom is -0.456 e. The highest BCUT2D eigenvalue weighted by atomic mass is 16.5. The van der Waals surface area contributed by atoms with Gasteiger partial charge in [0.15, 0.2) is 0 Å². The Hall–Kier alpha value is -3.41. The molecule has 6 nitrogen and oxygen atoms in total. The number of carbonyl (C=O) groups is 1. The Bertz CT molecular complexity index is 1210. The molecule has 0 fully saturated rings. The number of hydrogen-bond acceptors (Lipinski definition) is 4. The summed E-state index contributed by atoms with van der Waals surface area (Å²) in [5.41, 5.74) is 5.07. The van der Waals surface area contributed by atoms with Crippen LogP contribution in [0.3, 0.4) is 0 Å². The highest BCUT2D eigenvalue weighted by Gasteiger charge is 2.27. The zero-order chi connectivity index (χ0) is 21.2. The van der Waals surface area contributed by atoms with Gasteiger partial charge in [-0.05, 0) is 36.1 Å². The lowest BCUT2D eigenvalue weighted by Crippen LogP contribution is -2.24. The standard InChI is InChI=1S/C25H26N4O2/c1-2-3-10-20-16-29(27-26-20)17-21-13-19-15-28(14-18-8-5-4-6-9-18)23-12-7-11-22(24(19)23)25(30)31-21/h4-9,11-12,15-16,21H,2-3,10,13-14,17H2,1H3. The van der Waals surface area contributed by atoms with E-state index < -0.39 is 0 Å². The maximum Gasteiger partial charge on any atom is 0.339 e. The second kappa shape index (κ2) is 8.38. The van der Waals surface area contributed by atoms with Crippen molar-refractivity contribution in [2.24, 2.45) is 0 Å². The zero-order valence-electron chi connectivity index (χ0n) is 17.7. The molecule has 158 valence electrons. The van der Waals surface area contributed by atoms with Crippen molar-refractivity contribution < 1.29 is 9.53 Å². The number of esters is 1. The van der Waals surface area contributed by atoms with Crippen molar-refractivity contribution in [3.05, 3.63) is 83.3 Å². The summed E-state index contributed by atoms with van der Waals surface area (Å²) in [5.74, 6) is -0.266. The van der Waals surface area contributed by atoms with Crippen molar-refractivity contribution in [1.29, 1.82) is 0 Å². The monoisotopic (exact) mass is 414 g/mol. The van der Waals surface area contributed by atoms with Gasteiger partial charge in [0, 0.05) is 36.3 Å². The third-order valence-corrected chi connectivity index (χ3v) is 5.88. The molecule has 0 N–H and O–H groups in total. The molecule has 2 aromatic heterocycles. The number of cyclic esters (lactones) is 1. The second-order valence-corrected chi connectivity index (χ2v) is 8.23. The Labute approximate surface area is 181 Å². The quantitative estimate of drug-likeness (QED) is 0.421. The Balaban J connectivity index is 1.44. The van der Waals surface area contributed by atoms with Gasteiger partial charge < -0.3 is 9.30 Å². The summed E-state index contributed by atoms with van der Waals surface area (Å²) in [5, 5.41) is 9.51. The van der Waals surface area contributed by atoms with Crippen LogP contribution in [0.15, 0.2) is 60.9 Å². The van der Waals surface area contributed by atoms with Crippen LogP contribution >= 0.6 is 0 Å². The van der Waals surface area contributed by atoms with Crippen LogP contribution in [0, 0.1) is 0 Å². The number of benzene rings is 2. The molecule has 1 aliphatic rings. The van der Waals surface area contributed by atoms with E-state index >= 15 is 0 Å². The van der Waals surface area contributed by atoms with Crippen LogP contribution < -0.4 is 0 Å². The van der Waals surface area contributed by atoms with E-state index in [0.29, 0.717) is 18.5 Å². The van der Waals surface area contributed by atoms with Crippen molar-refractivity contribution >= 4 is 16.9 Å². The lowest BCUT2D eigenvalue weighted by molar-refractivity contribution is 0.0264. The van der Waals surface area contributed by atoms with Crippen LogP contribution in [-0.2, 0) is 30.7 Å². The van der Waals surface area contributed by atoms with Gasteiger partial charge in [0.1, 0.15) is 6.10 Å². The van der Waals surface area contributed by atoms with Gasteiger partial charge in [0.2, 0.25) is 0 Å². The zero-order valence-corrected chi connectivity index (χ0v) is 17.7. The van der Waals surface area contributed by atoms with Gasteiger partial charge >= 0.3 is 5.97 Å². The van der Waals surface area contributed by atoms with E-state index in [1.165, 1.54) is 5.56 Å². The number of ether oxygens (including phenoxy) is 1. The fraction of sp³-hybridized carbons (Fsp3) is 0.320. The molecule has 0 spiro atoms. The number of hydrogen-bond donors (Lipinski definition) is 0. The SMILES string of the molecule is CCCCc1cn(CC2Cc3cn(Cc4ccccc4)c4cccc(c34)C(=O)O2)nn1. The summed E-state index contributed by atoms with van der Waals surface area (Å²) in [6.07, 6.45) is 7.67. The van der Waals surface area contributed by atoms with Gasteiger partial charge in [-0.15, -0.1) is 5.10 Å². The topological polar surface area (TPSA) is 61.9 Å². The van der Waals surface area contributed by atoms with Crippen LogP contribution in [0.5, 0.6) is 0 Å². The van der Waals surface area contributed by atoms with Gasteiger partial charge in [-0.1, -0.05) is 55.0 Å². The van der Waals surface area contributed by atoms with E-state index in [2.05, 4.69) is 58.3 Å². The Morgan fingerprint density at radius 2 is 1.97 bits per heavy atom. The van der Waals surface area contributed by atoms with Crippen LogP contribution in [0.4, 0.5) is 0 Å². The van der Waals surface area contributed by atoms with Crippen LogP contribution in [0.25, 0.3) is 10.9 Å². The van der Waals surface area contributed by atoms with Crippen molar-refractivity contribution in [3.8, 4) is 0 Å². The van der Waals surface area contributed by atoms with Crippen molar-refractivity contribution in [2.45, 2.75) is 51.8 Å². The molecular formula is C25H26N4O2. The number of aryl methyl sites for hydroxylation is 1. The molecular weight excluding hydrogens is 388 g/mol. The van der Waals surface area contributed by atoms with E-state index in [4.69, 9.17) is 4.74 Å². The lowest BCUT2D eigenvalue weighted by Gasteiger charge is -2.15. The number of rotatable bonds is 7. The predicted octanol–water partition coefficient (Wildman–Crippen LogP) is 4.41. The fourth-order valence-electron chi connectivity index (χ4n) is 4.39. The minimum atomic E-state index is -0.281. The van der Waals surface area contributed by atoms with Crippen molar-refractivity contribution in [3.63, 3.8) is 0 Å².